The number of fused-ring (bicyclic) bond motifs is 1. The van der Waals surface area contributed by atoms with E-state index < -0.39 is 11.2 Å². The molecule has 3 saturated heterocycles. The Morgan fingerprint density at radius 2 is 2.11 bits per heavy atom. The van der Waals surface area contributed by atoms with E-state index in [1.54, 1.807) is 18.3 Å². The Morgan fingerprint density at radius 1 is 1.37 bits per heavy atom. The molecular formula is C26H32ClFN6O3S. The molecule has 204 valence electrons. The van der Waals surface area contributed by atoms with Gasteiger partial charge in [0, 0.05) is 29.4 Å². The van der Waals surface area contributed by atoms with Crippen LogP contribution in [0, 0.1) is 5.41 Å². The number of aliphatic imine (C=N–C) groups is 2. The van der Waals surface area contributed by atoms with E-state index in [-0.39, 0.29) is 47.7 Å². The van der Waals surface area contributed by atoms with Gasteiger partial charge in [0.1, 0.15) is 10.9 Å². The first-order valence-electron chi connectivity index (χ1n) is 12.6. The van der Waals surface area contributed by atoms with Crippen molar-refractivity contribution in [3.63, 3.8) is 0 Å². The maximum Gasteiger partial charge on any atom is 0.262 e. The van der Waals surface area contributed by atoms with Crippen LogP contribution in [-0.4, -0.2) is 77.7 Å². The van der Waals surface area contributed by atoms with Crippen LogP contribution in [-0.2, 0) is 16.0 Å². The van der Waals surface area contributed by atoms with Crippen LogP contribution in [0.3, 0.4) is 0 Å². The predicted molar refractivity (Wildman–Crippen MR) is 149 cm³/mol. The van der Waals surface area contributed by atoms with Crippen LogP contribution >= 0.6 is 23.4 Å². The maximum absolute atomic E-state index is 14.6. The number of halogens is 2. The molecule has 0 bridgehead atoms. The summed E-state index contributed by atoms with van der Waals surface area (Å²) in [5, 5.41) is 0.993. The summed E-state index contributed by atoms with van der Waals surface area (Å²) in [6, 6.07) is 3.55. The van der Waals surface area contributed by atoms with Crippen molar-refractivity contribution in [1.29, 1.82) is 0 Å². The molecule has 0 amide bonds. The SMILES string of the molecule is C=N/C(=C\N=C(/C)N1CCC2(CC1)CO[C@@H](C)[C@H]2N)Sc1ccc2ncn(CC3(F)COC3)c(=O)c2c1Cl. The maximum atomic E-state index is 14.6. The van der Waals surface area contributed by atoms with Crippen molar-refractivity contribution in [2.75, 3.05) is 32.9 Å². The molecule has 9 nitrogen and oxygen atoms in total. The molecule has 3 aliphatic rings. The number of rotatable bonds is 6. The van der Waals surface area contributed by atoms with Crippen LogP contribution in [0.2, 0.25) is 5.02 Å². The van der Waals surface area contributed by atoms with E-state index in [4.69, 9.17) is 26.8 Å². The molecule has 4 heterocycles. The molecule has 0 aliphatic carbocycles. The van der Waals surface area contributed by atoms with Crippen LogP contribution in [0.1, 0.15) is 26.7 Å². The van der Waals surface area contributed by atoms with Crippen LogP contribution in [0.4, 0.5) is 4.39 Å². The average molecular weight is 563 g/mol. The molecule has 1 aromatic heterocycles. The van der Waals surface area contributed by atoms with Crippen molar-refractivity contribution in [2.45, 2.75) is 55.9 Å². The van der Waals surface area contributed by atoms with Gasteiger partial charge in [-0.1, -0.05) is 23.4 Å². The van der Waals surface area contributed by atoms with Gasteiger partial charge < -0.3 is 20.1 Å². The van der Waals surface area contributed by atoms with Gasteiger partial charge in [-0.05, 0) is 45.5 Å². The number of amidine groups is 1. The second-order valence-electron chi connectivity index (χ2n) is 10.4. The molecule has 2 aromatic rings. The zero-order valence-electron chi connectivity index (χ0n) is 21.5. The monoisotopic (exact) mass is 562 g/mol. The Labute approximate surface area is 229 Å². The van der Waals surface area contributed by atoms with Crippen molar-refractivity contribution < 1.29 is 13.9 Å². The van der Waals surface area contributed by atoms with Gasteiger partial charge in [0.2, 0.25) is 0 Å². The van der Waals surface area contributed by atoms with Gasteiger partial charge in [-0.15, -0.1) is 0 Å². The lowest BCUT2D eigenvalue weighted by Gasteiger charge is -2.41. The van der Waals surface area contributed by atoms with E-state index in [2.05, 4.69) is 26.6 Å². The van der Waals surface area contributed by atoms with E-state index in [1.807, 2.05) is 13.8 Å². The molecule has 3 fully saturated rings. The van der Waals surface area contributed by atoms with Gasteiger partial charge in [-0.2, -0.15) is 0 Å². The second kappa shape index (κ2) is 10.7. The number of ether oxygens (including phenoxy) is 2. The Kier molecular flexibility index (Phi) is 7.67. The Balaban J connectivity index is 1.31. The number of thioether (sulfide) groups is 1. The normalized spacial score (nSPS) is 25.1. The van der Waals surface area contributed by atoms with Gasteiger partial charge in [-0.3, -0.25) is 14.4 Å². The van der Waals surface area contributed by atoms with E-state index in [0.717, 1.165) is 38.4 Å². The number of nitrogens with zero attached hydrogens (tertiary/aromatic N) is 5. The summed E-state index contributed by atoms with van der Waals surface area (Å²) in [5.74, 6) is 0.874. The standard InChI is InChI=1S/C26H32ClFN6O3S/c1-16-23(29)25(12-37-16)6-8-33(9-7-25)17(2)31-10-20(30-3)38-19-5-4-18-21(22(19)27)24(35)34(15-32-18)11-26(28)13-36-14-26/h4-5,10,15-16,23H,3,6-9,11-14,29H2,1-2H3/b20-10+,31-17+/t16-,23+/m0/s1. The van der Waals surface area contributed by atoms with Crippen molar-refractivity contribution in [2.24, 2.45) is 21.1 Å². The highest BCUT2D eigenvalue weighted by molar-refractivity contribution is 8.03. The lowest BCUT2D eigenvalue weighted by atomic mass is 9.73. The number of alkyl halides is 1. The molecule has 2 atom stereocenters. The zero-order chi connectivity index (χ0) is 27.1. The fourth-order valence-electron chi connectivity index (χ4n) is 5.29. The largest absolute Gasteiger partial charge is 0.376 e. The minimum absolute atomic E-state index is 0.0420. The summed E-state index contributed by atoms with van der Waals surface area (Å²) in [6.07, 6.45) is 5.01. The van der Waals surface area contributed by atoms with E-state index in [1.165, 1.54) is 22.7 Å². The van der Waals surface area contributed by atoms with Gasteiger partial charge in [-0.25, -0.2) is 14.4 Å². The number of nitrogens with two attached hydrogens (primary N) is 1. The summed E-state index contributed by atoms with van der Waals surface area (Å²) in [5.41, 5.74) is 4.95. The second-order valence-corrected chi connectivity index (χ2v) is 11.8. The molecule has 2 N–H and O–H groups in total. The van der Waals surface area contributed by atoms with Crippen molar-refractivity contribution in [1.82, 2.24) is 14.5 Å². The van der Waals surface area contributed by atoms with E-state index in [0.29, 0.717) is 15.4 Å². The third kappa shape index (κ3) is 5.14. The summed E-state index contributed by atoms with van der Waals surface area (Å²) >= 11 is 7.91. The fourth-order valence-corrected chi connectivity index (χ4v) is 6.37. The molecule has 1 spiro atoms. The van der Waals surface area contributed by atoms with E-state index >= 15 is 0 Å². The summed E-state index contributed by atoms with van der Waals surface area (Å²) in [4.78, 5) is 29.0. The van der Waals surface area contributed by atoms with E-state index in [9.17, 15) is 9.18 Å². The molecule has 12 heteroatoms. The highest BCUT2D eigenvalue weighted by Crippen LogP contribution is 2.41. The van der Waals surface area contributed by atoms with Gasteiger partial charge in [0.05, 0.1) is 60.9 Å². The molecule has 0 radical (unpaired) electrons. The molecule has 0 unspecified atom stereocenters. The Morgan fingerprint density at radius 3 is 2.71 bits per heavy atom. The third-order valence-corrected chi connectivity index (χ3v) is 9.37. The number of hydrogen-bond donors (Lipinski definition) is 1. The topological polar surface area (TPSA) is 107 Å². The number of aromatic nitrogens is 2. The average Bonchev–Trinajstić information content (AvgIpc) is 3.16. The molecular weight excluding hydrogens is 531 g/mol. The first-order valence-corrected chi connectivity index (χ1v) is 13.8. The summed E-state index contributed by atoms with van der Waals surface area (Å²) in [6.45, 7) is 9.90. The third-order valence-electron chi connectivity index (χ3n) is 7.87. The molecule has 3 aliphatic heterocycles. The highest BCUT2D eigenvalue weighted by atomic mass is 35.5. The number of likely N-dealkylation sites (tertiary alicyclic amines) is 1. The van der Waals surface area contributed by atoms with Gasteiger partial charge in [0.15, 0.2) is 5.67 Å². The number of hydrogen-bond acceptors (Lipinski definition) is 8. The molecule has 5 rings (SSSR count). The molecule has 38 heavy (non-hydrogen) atoms. The highest BCUT2D eigenvalue weighted by Gasteiger charge is 2.47. The lowest BCUT2D eigenvalue weighted by Crippen LogP contribution is -2.51. The molecule has 1 aromatic carbocycles. The van der Waals surface area contributed by atoms with Crippen molar-refractivity contribution in [3.8, 4) is 0 Å². The van der Waals surface area contributed by atoms with Crippen LogP contribution in [0.15, 0.2) is 49.4 Å². The fraction of sp³-hybridized carbons (Fsp3) is 0.538. The predicted octanol–water partition coefficient (Wildman–Crippen LogP) is 3.63. The number of piperidine rings is 1. The smallest absolute Gasteiger partial charge is 0.262 e. The quantitative estimate of drug-likeness (QED) is 0.325. The van der Waals surface area contributed by atoms with Crippen molar-refractivity contribution >= 4 is 46.8 Å². The first kappa shape index (κ1) is 27.3. The first-order chi connectivity index (χ1) is 18.1. The zero-order valence-corrected chi connectivity index (χ0v) is 23.1. The Hall–Kier alpha value is -2.31. The minimum atomic E-state index is -1.57. The van der Waals surface area contributed by atoms with Gasteiger partial charge >= 0.3 is 0 Å². The summed E-state index contributed by atoms with van der Waals surface area (Å²) < 4.78 is 26.6. The summed E-state index contributed by atoms with van der Waals surface area (Å²) in [7, 11) is 0. The molecule has 0 saturated carbocycles. The van der Waals surface area contributed by atoms with Crippen LogP contribution in [0.5, 0.6) is 0 Å². The van der Waals surface area contributed by atoms with Crippen LogP contribution < -0.4 is 11.3 Å². The Bertz CT molecular complexity index is 1350. The van der Waals surface area contributed by atoms with Crippen molar-refractivity contribution in [3.05, 3.63) is 45.1 Å². The van der Waals surface area contributed by atoms with Crippen LogP contribution in [0.25, 0.3) is 10.9 Å². The minimum Gasteiger partial charge on any atom is -0.376 e. The van der Waals surface area contributed by atoms with Gasteiger partial charge in [0.25, 0.3) is 5.56 Å². The lowest BCUT2D eigenvalue weighted by molar-refractivity contribution is -0.137. The number of benzene rings is 1.